The van der Waals surface area contributed by atoms with Crippen molar-refractivity contribution in [1.29, 1.82) is 0 Å². The maximum Gasteiger partial charge on any atom is 0.250 e. The summed E-state index contributed by atoms with van der Waals surface area (Å²) in [5.74, 6) is -0.212. The third kappa shape index (κ3) is 6.22. The Labute approximate surface area is 125 Å². The molecule has 1 saturated heterocycles. The fraction of sp³-hybridized carbons (Fsp3) is 0.533. The summed E-state index contributed by atoms with van der Waals surface area (Å²) in [7, 11) is 0. The van der Waals surface area contributed by atoms with Crippen LogP contribution in [-0.4, -0.2) is 68.0 Å². The van der Waals surface area contributed by atoms with E-state index >= 15 is 0 Å². The summed E-state index contributed by atoms with van der Waals surface area (Å²) >= 11 is 0. The molecule has 0 radical (unpaired) electrons. The molecule has 0 saturated carbocycles. The molecule has 116 valence electrons. The van der Waals surface area contributed by atoms with Gasteiger partial charge in [0.15, 0.2) is 0 Å². The third-order valence-corrected chi connectivity index (χ3v) is 3.28. The smallest absolute Gasteiger partial charge is 0.250 e. The molecule has 0 spiro atoms. The lowest BCUT2D eigenvalue weighted by Crippen LogP contribution is -2.47. The lowest BCUT2D eigenvalue weighted by Gasteiger charge is -2.28. The van der Waals surface area contributed by atoms with Crippen LogP contribution in [-0.2, 0) is 9.53 Å². The fourth-order valence-electron chi connectivity index (χ4n) is 2.25. The molecule has 1 aromatic rings. The molecule has 1 aromatic carbocycles. The molecule has 2 rings (SSSR count). The zero-order valence-corrected chi connectivity index (χ0v) is 12.1. The molecule has 0 aliphatic carbocycles. The van der Waals surface area contributed by atoms with E-state index in [1.54, 1.807) is 0 Å². The van der Waals surface area contributed by atoms with Crippen LogP contribution < -0.4 is 10.6 Å². The monoisotopic (exact) mass is 293 g/mol. The number of piperazine rings is 1. The van der Waals surface area contributed by atoms with Crippen molar-refractivity contribution in [2.75, 3.05) is 51.3 Å². The first kappa shape index (κ1) is 15.9. The van der Waals surface area contributed by atoms with Crippen LogP contribution in [0.5, 0.6) is 0 Å². The van der Waals surface area contributed by atoms with Gasteiger partial charge < -0.3 is 20.5 Å². The molecule has 6 heteroatoms. The first-order valence-electron chi connectivity index (χ1n) is 7.28. The van der Waals surface area contributed by atoms with Crippen molar-refractivity contribution >= 4 is 11.6 Å². The largest absolute Gasteiger partial charge is 0.389 e. The number of ether oxygens (including phenoxy) is 1. The number of para-hydroxylation sites is 1. The molecule has 0 bridgehead atoms. The van der Waals surface area contributed by atoms with Gasteiger partial charge in [0, 0.05) is 38.4 Å². The number of aliphatic hydroxyl groups excluding tert-OH is 1. The first-order chi connectivity index (χ1) is 10.2. The topological polar surface area (TPSA) is 73.8 Å². The average molecular weight is 293 g/mol. The minimum absolute atomic E-state index is 0.0481. The third-order valence-electron chi connectivity index (χ3n) is 3.28. The van der Waals surface area contributed by atoms with Gasteiger partial charge in [-0.05, 0) is 12.1 Å². The Balaban J connectivity index is 1.58. The van der Waals surface area contributed by atoms with Crippen molar-refractivity contribution in [2.45, 2.75) is 6.10 Å². The predicted octanol–water partition coefficient (Wildman–Crippen LogP) is -0.0922. The van der Waals surface area contributed by atoms with Crippen LogP contribution in [0.3, 0.4) is 0 Å². The molecule has 1 amide bonds. The SMILES string of the molecule is O=C(COCC(O)CN1CCNCC1)Nc1ccccc1. The molecule has 1 fully saturated rings. The van der Waals surface area contributed by atoms with E-state index in [0.29, 0.717) is 6.54 Å². The number of carbonyl (C=O) groups excluding carboxylic acids is 1. The van der Waals surface area contributed by atoms with E-state index in [9.17, 15) is 9.90 Å². The number of nitrogens with zero attached hydrogens (tertiary/aromatic N) is 1. The van der Waals surface area contributed by atoms with Gasteiger partial charge in [-0.25, -0.2) is 0 Å². The second kappa shape index (κ2) is 8.74. The van der Waals surface area contributed by atoms with Gasteiger partial charge >= 0.3 is 0 Å². The van der Waals surface area contributed by atoms with E-state index in [2.05, 4.69) is 15.5 Å². The van der Waals surface area contributed by atoms with Crippen LogP contribution >= 0.6 is 0 Å². The Kier molecular flexibility index (Phi) is 6.62. The van der Waals surface area contributed by atoms with Gasteiger partial charge in [-0.15, -0.1) is 0 Å². The molecular weight excluding hydrogens is 270 g/mol. The summed E-state index contributed by atoms with van der Waals surface area (Å²) in [5.41, 5.74) is 0.743. The zero-order chi connectivity index (χ0) is 14.9. The van der Waals surface area contributed by atoms with Gasteiger partial charge in [0.1, 0.15) is 6.61 Å². The number of aliphatic hydroxyl groups is 1. The second-order valence-electron chi connectivity index (χ2n) is 5.13. The van der Waals surface area contributed by atoms with Crippen molar-refractivity contribution in [2.24, 2.45) is 0 Å². The number of β-amino-alcohol motifs (C(OH)–C–C–N with tert-alkyl or cyclic N) is 1. The summed E-state index contributed by atoms with van der Waals surface area (Å²) in [4.78, 5) is 13.8. The highest BCUT2D eigenvalue weighted by Gasteiger charge is 2.14. The number of nitrogens with one attached hydrogen (secondary N) is 2. The van der Waals surface area contributed by atoms with Crippen molar-refractivity contribution in [3.8, 4) is 0 Å². The fourth-order valence-corrected chi connectivity index (χ4v) is 2.25. The molecule has 0 aromatic heterocycles. The summed E-state index contributed by atoms with van der Waals surface area (Å²) in [5, 5.41) is 15.9. The normalized spacial score (nSPS) is 17.4. The van der Waals surface area contributed by atoms with Gasteiger partial charge in [0.2, 0.25) is 5.91 Å². The molecule has 21 heavy (non-hydrogen) atoms. The van der Waals surface area contributed by atoms with E-state index in [1.165, 1.54) is 0 Å². The van der Waals surface area contributed by atoms with Crippen LogP contribution in [0.25, 0.3) is 0 Å². The minimum Gasteiger partial charge on any atom is -0.389 e. The average Bonchev–Trinajstić information content (AvgIpc) is 2.49. The van der Waals surface area contributed by atoms with Crippen LogP contribution in [0, 0.1) is 0 Å². The molecule has 6 nitrogen and oxygen atoms in total. The molecule has 1 aliphatic rings. The Morgan fingerprint density at radius 3 is 2.76 bits per heavy atom. The summed E-state index contributed by atoms with van der Waals surface area (Å²) in [6.07, 6.45) is -0.562. The molecule has 1 unspecified atom stereocenters. The Hall–Kier alpha value is -1.47. The van der Waals surface area contributed by atoms with Crippen molar-refractivity contribution in [3.63, 3.8) is 0 Å². The van der Waals surface area contributed by atoms with E-state index in [-0.39, 0.29) is 19.1 Å². The van der Waals surface area contributed by atoms with Gasteiger partial charge in [0.25, 0.3) is 0 Å². The number of hydrogen-bond donors (Lipinski definition) is 3. The van der Waals surface area contributed by atoms with Crippen molar-refractivity contribution < 1.29 is 14.6 Å². The number of anilines is 1. The van der Waals surface area contributed by atoms with Crippen LogP contribution in [0.15, 0.2) is 30.3 Å². The summed E-state index contributed by atoms with van der Waals surface area (Å²) < 4.78 is 5.27. The Bertz CT molecular complexity index is 421. The summed E-state index contributed by atoms with van der Waals surface area (Å²) in [6, 6.07) is 9.23. The molecule has 1 aliphatic heterocycles. The van der Waals surface area contributed by atoms with E-state index in [1.807, 2.05) is 30.3 Å². The Morgan fingerprint density at radius 2 is 2.05 bits per heavy atom. The molecular formula is C15H23N3O3. The molecule has 3 N–H and O–H groups in total. The van der Waals surface area contributed by atoms with Crippen LogP contribution in [0.1, 0.15) is 0 Å². The van der Waals surface area contributed by atoms with Gasteiger partial charge in [-0.2, -0.15) is 0 Å². The van der Waals surface area contributed by atoms with Crippen molar-refractivity contribution in [1.82, 2.24) is 10.2 Å². The predicted molar refractivity (Wildman–Crippen MR) is 81.2 cm³/mol. The van der Waals surface area contributed by atoms with Gasteiger partial charge in [0.05, 0.1) is 12.7 Å². The number of carbonyl (C=O) groups is 1. The number of benzene rings is 1. The van der Waals surface area contributed by atoms with Crippen LogP contribution in [0.4, 0.5) is 5.69 Å². The van der Waals surface area contributed by atoms with Gasteiger partial charge in [-0.3, -0.25) is 9.69 Å². The summed E-state index contributed by atoms with van der Waals surface area (Å²) in [6.45, 7) is 4.48. The maximum atomic E-state index is 11.6. The highest BCUT2D eigenvalue weighted by Crippen LogP contribution is 2.04. The zero-order valence-electron chi connectivity index (χ0n) is 12.1. The number of hydrogen-bond acceptors (Lipinski definition) is 5. The quantitative estimate of drug-likeness (QED) is 0.655. The second-order valence-corrected chi connectivity index (χ2v) is 5.13. The lowest BCUT2D eigenvalue weighted by molar-refractivity contribution is -0.121. The lowest BCUT2D eigenvalue weighted by atomic mass is 10.3. The van der Waals surface area contributed by atoms with Gasteiger partial charge in [-0.1, -0.05) is 18.2 Å². The minimum atomic E-state index is -0.562. The molecule has 1 atom stereocenters. The van der Waals surface area contributed by atoms with E-state index in [4.69, 9.17) is 4.74 Å². The maximum absolute atomic E-state index is 11.6. The Morgan fingerprint density at radius 1 is 1.33 bits per heavy atom. The molecule has 1 heterocycles. The van der Waals surface area contributed by atoms with E-state index in [0.717, 1.165) is 31.9 Å². The van der Waals surface area contributed by atoms with E-state index < -0.39 is 6.10 Å². The first-order valence-corrected chi connectivity index (χ1v) is 7.28. The highest BCUT2D eigenvalue weighted by atomic mass is 16.5. The van der Waals surface area contributed by atoms with Crippen LogP contribution in [0.2, 0.25) is 0 Å². The number of rotatable bonds is 7. The standard InChI is InChI=1S/C15H23N3O3/c19-14(10-18-8-6-16-7-9-18)11-21-12-15(20)17-13-4-2-1-3-5-13/h1-5,14,16,19H,6-12H2,(H,17,20). The highest BCUT2D eigenvalue weighted by molar-refractivity contribution is 5.91. The van der Waals surface area contributed by atoms with Crippen molar-refractivity contribution in [3.05, 3.63) is 30.3 Å². The number of amides is 1.